The maximum absolute atomic E-state index is 11.8. The predicted molar refractivity (Wildman–Crippen MR) is 74.4 cm³/mol. The average Bonchev–Trinajstić information content (AvgIpc) is 2.43. The summed E-state index contributed by atoms with van der Waals surface area (Å²) >= 11 is 0. The number of aliphatic carboxylic acids is 1. The molecule has 5 nitrogen and oxygen atoms in total. The van der Waals surface area contributed by atoms with Crippen LogP contribution in [0.2, 0.25) is 0 Å². The molecular formula is C14H20N2O3. The van der Waals surface area contributed by atoms with Gasteiger partial charge >= 0.3 is 12.0 Å². The van der Waals surface area contributed by atoms with Crippen LogP contribution in [-0.2, 0) is 11.2 Å². The number of carboxylic acid groups (broad SMARTS) is 1. The molecule has 0 saturated heterocycles. The summed E-state index contributed by atoms with van der Waals surface area (Å²) in [7, 11) is 1.65. The summed E-state index contributed by atoms with van der Waals surface area (Å²) in [4.78, 5) is 24.0. The molecule has 0 saturated carbocycles. The summed E-state index contributed by atoms with van der Waals surface area (Å²) in [5, 5.41) is 11.3. The van der Waals surface area contributed by atoms with Crippen molar-refractivity contribution in [2.75, 3.05) is 18.5 Å². The van der Waals surface area contributed by atoms with Gasteiger partial charge in [0.05, 0.1) is 5.92 Å². The van der Waals surface area contributed by atoms with E-state index < -0.39 is 11.9 Å². The zero-order valence-corrected chi connectivity index (χ0v) is 11.5. The number of urea groups is 1. The van der Waals surface area contributed by atoms with Gasteiger partial charge in [0, 0.05) is 19.3 Å². The van der Waals surface area contributed by atoms with E-state index in [2.05, 4.69) is 12.2 Å². The lowest BCUT2D eigenvalue weighted by atomic mass is 10.1. The molecule has 0 aromatic heterocycles. The molecule has 104 valence electrons. The summed E-state index contributed by atoms with van der Waals surface area (Å²) in [6.07, 6.45) is 0.951. The topological polar surface area (TPSA) is 69.6 Å². The van der Waals surface area contributed by atoms with Gasteiger partial charge in [0.2, 0.25) is 0 Å². The smallest absolute Gasteiger partial charge is 0.321 e. The Labute approximate surface area is 113 Å². The van der Waals surface area contributed by atoms with Crippen molar-refractivity contribution in [3.05, 3.63) is 29.8 Å². The molecule has 0 aliphatic rings. The van der Waals surface area contributed by atoms with E-state index in [1.54, 1.807) is 14.0 Å². The highest BCUT2D eigenvalue weighted by molar-refractivity contribution is 5.91. The van der Waals surface area contributed by atoms with Crippen LogP contribution in [0.25, 0.3) is 0 Å². The Morgan fingerprint density at radius 2 is 1.89 bits per heavy atom. The van der Waals surface area contributed by atoms with Gasteiger partial charge in [-0.05, 0) is 24.1 Å². The van der Waals surface area contributed by atoms with Crippen molar-refractivity contribution in [1.29, 1.82) is 0 Å². The van der Waals surface area contributed by atoms with Crippen molar-refractivity contribution in [2.45, 2.75) is 20.3 Å². The summed E-state index contributed by atoms with van der Waals surface area (Å²) in [5.41, 5.74) is 1.98. The van der Waals surface area contributed by atoms with Gasteiger partial charge in [-0.2, -0.15) is 0 Å². The van der Waals surface area contributed by atoms with Gasteiger partial charge in [-0.25, -0.2) is 4.79 Å². The molecule has 0 radical (unpaired) electrons. The Hall–Kier alpha value is -2.04. The number of carbonyl (C=O) groups excluding carboxylic acids is 1. The first kappa shape index (κ1) is 15.0. The number of hydrogen-bond acceptors (Lipinski definition) is 2. The van der Waals surface area contributed by atoms with E-state index in [0.717, 1.165) is 12.1 Å². The SMILES string of the molecule is CCc1ccc(N(C)C(=O)NCC(C)C(=O)O)cc1. The summed E-state index contributed by atoms with van der Waals surface area (Å²) in [6, 6.07) is 7.38. The lowest BCUT2D eigenvalue weighted by Crippen LogP contribution is -2.40. The van der Waals surface area contributed by atoms with Crippen LogP contribution in [0.4, 0.5) is 10.5 Å². The molecule has 0 fully saturated rings. The molecule has 0 heterocycles. The Bertz CT molecular complexity index is 443. The maximum atomic E-state index is 11.8. The second-order valence-corrected chi connectivity index (χ2v) is 4.50. The van der Waals surface area contributed by atoms with Crippen LogP contribution in [0.1, 0.15) is 19.4 Å². The first-order chi connectivity index (χ1) is 8.95. The number of nitrogens with zero attached hydrogens (tertiary/aromatic N) is 1. The highest BCUT2D eigenvalue weighted by Gasteiger charge is 2.15. The van der Waals surface area contributed by atoms with E-state index in [1.165, 1.54) is 10.5 Å². The zero-order valence-electron chi connectivity index (χ0n) is 11.5. The van der Waals surface area contributed by atoms with Crippen LogP contribution < -0.4 is 10.2 Å². The van der Waals surface area contributed by atoms with E-state index in [1.807, 2.05) is 24.3 Å². The Morgan fingerprint density at radius 1 is 1.32 bits per heavy atom. The van der Waals surface area contributed by atoms with E-state index in [-0.39, 0.29) is 12.6 Å². The van der Waals surface area contributed by atoms with Gasteiger partial charge in [0.25, 0.3) is 0 Å². The van der Waals surface area contributed by atoms with Crippen molar-refractivity contribution in [1.82, 2.24) is 5.32 Å². The average molecular weight is 264 g/mol. The molecule has 1 rings (SSSR count). The molecule has 0 aliphatic heterocycles. The van der Waals surface area contributed by atoms with Crippen LogP contribution in [-0.4, -0.2) is 30.7 Å². The van der Waals surface area contributed by atoms with Crippen molar-refractivity contribution in [2.24, 2.45) is 5.92 Å². The lowest BCUT2D eigenvalue weighted by Gasteiger charge is -2.19. The molecule has 2 N–H and O–H groups in total. The van der Waals surface area contributed by atoms with E-state index in [4.69, 9.17) is 5.11 Å². The fraction of sp³-hybridized carbons (Fsp3) is 0.429. The number of rotatable bonds is 5. The summed E-state index contributed by atoms with van der Waals surface area (Å²) in [6.45, 7) is 3.74. The largest absolute Gasteiger partial charge is 0.481 e. The van der Waals surface area contributed by atoms with Crippen molar-refractivity contribution in [3.63, 3.8) is 0 Å². The van der Waals surface area contributed by atoms with Gasteiger partial charge in [0.15, 0.2) is 0 Å². The second-order valence-electron chi connectivity index (χ2n) is 4.50. The third-order valence-electron chi connectivity index (χ3n) is 3.02. The molecule has 0 bridgehead atoms. The normalized spacial score (nSPS) is 11.7. The van der Waals surface area contributed by atoms with Crippen molar-refractivity contribution >= 4 is 17.7 Å². The molecule has 1 atom stereocenters. The van der Waals surface area contributed by atoms with Gasteiger partial charge in [-0.15, -0.1) is 0 Å². The number of amides is 2. The van der Waals surface area contributed by atoms with Crippen LogP contribution in [0.5, 0.6) is 0 Å². The summed E-state index contributed by atoms with van der Waals surface area (Å²) < 4.78 is 0. The lowest BCUT2D eigenvalue weighted by molar-refractivity contribution is -0.140. The number of aryl methyl sites for hydroxylation is 1. The van der Waals surface area contributed by atoms with Gasteiger partial charge in [0.1, 0.15) is 0 Å². The maximum Gasteiger partial charge on any atom is 0.321 e. The first-order valence-corrected chi connectivity index (χ1v) is 6.29. The molecule has 5 heteroatoms. The molecular weight excluding hydrogens is 244 g/mol. The first-order valence-electron chi connectivity index (χ1n) is 6.29. The standard InChI is InChI=1S/C14H20N2O3/c1-4-11-5-7-12(8-6-11)16(3)14(19)15-9-10(2)13(17)18/h5-8,10H,4,9H2,1-3H3,(H,15,19)(H,17,18). The Kier molecular flexibility index (Phi) is 5.36. The fourth-order valence-electron chi connectivity index (χ4n) is 1.52. The van der Waals surface area contributed by atoms with E-state index in [9.17, 15) is 9.59 Å². The number of benzene rings is 1. The van der Waals surface area contributed by atoms with Gasteiger partial charge in [-0.1, -0.05) is 26.0 Å². The number of anilines is 1. The quantitative estimate of drug-likeness (QED) is 0.855. The molecule has 1 unspecified atom stereocenters. The number of hydrogen-bond donors (Lipinski definition) is 2. The molecule has 1 aromatic carbocycles. The molecule has 0 spiro atoms. The van der Waals surface area contributed by atoms with E-state index in [0.29, 0.717) is 0 Å². The third-order valence-corrected chi connectivity index (χ3v) is 3.02. The van der Waals surface area contributed by atoms with Crippen LogP contribution in [0.15, 0.2) is 24.3 Å². The molecule has 2 amide bonds. The number of carboxylic acids is 1. The third kappa shape index (κ3) is 4.28. The number of carbonyl (C=O) groups is 2. The predicted octanol–water partition coefficient (Wildman–Crippen LogP) is 2.12. The fourth-order valence-corrected chi connectivity index (χ4v) is 1.52. The minimum atomic E-state index is -0.921. The van der Waals surface area contributed by atoms with Crippen molar-refractivity contribution < 1.29 is 14.7 Å². The van der Waals surface area contributed by atoms with Crippen LogP contribution in [0, 0.1) is 5.92 Å². The van der Waals surface area contributed by atoms with Gasteiger partial charge < -0.3 is 10.4 Å². The Morgan fingerprint density at radius 3 is 2.37 bits per heavy atom. The molecule has 19 heavy (non-hydrogen) atoms. The van der Waals surface area contributed by atoms with Gasteiger partial charge in [-0.3, -0.25) is 9.69 Å². The minimum Gasteiger partial charge on any atom is -0.481 e. The Balaban J connectivity index is 2.58. The zero-order chi connectivity index (χ0) is 14.4. The molecule has 1 aromatic rings. The summed E-state index contributed by atoms with van der Waals surface area (Å²) in [5.74, 6) is -1.52. The highest BCUT2D eigenvalue weighted by atomic mass is 16.4. The molecule has 0 aliphatic carbocycles. The minimum absolute atomic E-state index is 0.117. The number of nitrogens with one attached hydrogen (secondary N) is 1. The van der Waals surface area contributed by atoms with Crippen LogP contribution in [0.3, 0.4) is 0 Å². The van der Waals surface area contributed by atoms with E-state index >= 15 is 0 Å². The monoisotopic (exact) mass is 264 g/mol. The second kappa shape index (κ2) is 6.78. The highest BCUT2D eigenvalue weighted by Crippen LogP contribution is 2.14. The van der Waals surface area contributed by atoms with Crippen LogP contribution >= 0.6 is 0 Å². The van der Waals surface area contributed by atoms with Crippen molar-refractivity contribution in [3.8, 4) is 0 Å².